The third kappa shape index (κ3) is 4.82. The molecule has 0 fully saturated rings. The van der Waals surface area contributed by atoms with Gasteiger partial charge in [0.15, 0.2) is 0 Å². The number of benzene rings is 3. The van der Waals surface area contributed by atoms with Crippen molar-refractivity contribution in [1.29, 1.82) is 0 Å². The van der Waals surface area contributed by atoms with Crippen LogP contribution in [0, 0.1) is 0 Å². The minimum absolute atomic E-state index is 0.0817. The standard InChI is InChI=1S/C28H32N2O/c1-3-4-6-11-22-16-18-23(19-17-22)28(31)30-21(2)20-26(25-14-9-10-15-27(25)30)29-24-12-7-5-8-13-24/h5,7-10,12-19,21,26,29H,3-4,6,11,20H2,1-2H3/t21-,26-/m1/s1. The van der Waals surface area contributed by atoms with Crippen LogP contribution in [0.4, 0.5) is 11.4 Å². The summed E-state index contributed by atoms with van der Waals surface area (Å²) < 4.78 is 0. The van der Waals surface area contributed by atoms with E-state index in [4.69, 9.17) is 0 Å². The topological polar surface area (TPSA) is 32.3 Å². The van der Waals surface area contributed by atoms with Crippen LogP contribution in [0.2, 0.25) is 0 Å². The second-order valence-electron chi connectivity index (χ2n) is 8.54. The van der Waals surface area contributed by atoms with Gasteiger partial charge in [0.1, 0.15) is 0 Å². The lowest BCUT2D eigenvalue weighted by Gasteiger charge is -2.40. The summed E-state index contributed by atoms with van der Waals surface area (Å²) in [5, 5.41) is 3.66. The average molecular weight is 413 g/mol. The molecule has 3 heteroatoms. The summed E-state index contributed by atoms with van der Waals surface area (Å²) in [6.45, 7) is 4.37. The van der Waals surface area contributed by atoms with Gasteiger partial charge in [0.2, 0.25) is 0 Å². The Morgan fingerprint density at radius 1 is 0.935 bits per heavy atom. The average Bonchev–Trinajstić information content (AvgIpc) is 2.80. The number of nitrogens with zero attached hydrogens (tertiary/aromatic N) is 1. The molecular weight excluding hydrogens is 380 g/mol. The molecule has 1 heterocycles. The van der Waals surface area contributed by atoms with E-state index in [2.05, 4.69) is 61.6 Å². The minimum atomic E-state index is 0.0817. The van der Waals surface area contributed by atoms with Gasteiger partial charge in [-0.1, -0.05) is 68.3 Å². The minimum Gasteiger partial charge on any atom is -0.378 e. The third-order valence-electron chi connectivity index (χ3n) is 6.19. The molecular formula is C28H32N2O. The van der Waals surface area contributed by atoms with E-state index in [0.717, 1.165) is 29.8 Å². The van der Waals surface area contributed by atoms with E-state index in [1.165, 1.54) is 30.4 Å². The predicted molar refractivity (Wildman–Crippen MR) is 130 cm³/mol. The third-order valence-corrected chi connectivity index (χ3v) is 6.19. The SMILES string of the molecule is CCCCCc1ccc(C(=O)N2c3ccccc3[C@H](Nc3ccccc3)C[C@H]2C)cc1. The lowest BCUT2D eigenvalue weighted by molar-refractivity contribution is 0.0974. The van der Waals surface area contributed by atoms with Crippen LogP contribution in [0.25, 0.3) is 0 Å². The Bertz CT molecular complexity index is 997. The van der Waals surface area contributed by atoms with E-state index >= 15 is 0 Å². The number of unbranched alkanes of at least 4 members (excludes halogenated alkanes) is 2. The highest BCUT2D eigenvalue weighted by molar-refractivity contribution is 6.07. The first kappa shape index (κ1) is 21.2. The molecule has 160 valence electrons. The maximum atomic E-state index is 13.5. The number of aryl methyl sites for hydroxylation is 1. The molecule has 0 bridgehead atoms. The second kappa shape index (κ2) is 9.82. The van der Waals surface area contributed by atoms with Crippen LogP contribution in [0.1, 0.15) is 67.1 Å². The maximum absolute atomic E-state index is 13.5. The van der Waals surface area contributed by atoms with Gasteiger partial charge in [-0.3, -0.25) is 4.79 Å². The first-order valence-electron chi connectivity index (χ1n) is 11.5. The van der Waals surface area contributed by atoms with Crippen molar-refractivity contribution in [3.05, 3.63) is 95.6 Å². The zero-order valence-corrected chi connectivity index (χ0v) is 18.6. The van der Waals surface area contributed by atoms with Gasteiger partial charge in [-0.25, -0.2) is 0 Å². The molecule has 0 aromatic heterocycles. The van der Waals surface area contributed by atoms with Gasteiger partial charge in [0.05, 0.1) is 6.04 Å². The number of para-hydroxylation sites is 2. The van der Waals surface area contributed by atoms with Gasteiger partial charge in [-0.15, -0.1) is 0 Å². The molecule has 1 aliphatic heterocycles. The van der Waals surface area contributed by atoms with Gasteiger partial charge >= 0.3 is 0 Å². The maximum Gasteiger partial charge on any atom is 0.258 e. The molecule has 1 N–H and O–H groups in total. The quantitative estimate of drug-likeness (QED) is 0.423. The molecule has 3 aromatic carbocycles. The highest BCUT2D eigenvalue weighted by Crippen LogP contribution is 2.39. The Labute approximate surface area is 186 Å². The zero-order valence-electron chi connectivity index (χ0n) is 18.6. The first-order valence-corrected chi connectivity index (χ1v) is 11.5. The second-order valence-corrected chi connectivity index (χ2v) is 8.54. The molecule has 1 amide bonds. The number of rotatable bonds is 7. The largest absolute Gasteiger partial charge is 0.378 e. The fraction of sp³-hybridized carbons (Fsp3) is 0.321. The van der Waals surface area contributed by atoms with Crippen LogP contribution in [-0.4, -0.2) is 11.9 Å². The summed E-state index contributed by atoms with van der Waals surface area (Å²) in [6, 6.07) is 27.1. The Morgan fingerprint density at radius 3 is 2.39 bits per heavy atom. The van der Waals surface area contributed by atoms with Crippen LogP contribution in [-0.2, 0) is 6.42 Å². The highest BCUT2D eigenvalue weighted by atomic mass is 16.2. The summed E-state index contributed by atoms with van der Waals surface area (Å²) >= 11 is 0. The number of hydrogen-bond donors (Lipinski definition) is 1. The lowest BCUT2D eigenvalue weighted by Crippen LogP contribution is -2.44. The van der Waals surface area contributed by atoms with Crippen molar-refractivity contribution in [2.45, 2.75) is 58.0 Å². The van der Waals surface area contributed by atoms with Crippen molar-refractivity contribution in [2.24, 2.45) is 0 Å². The predicted octanol–water partition coefficient (Wildman–Crippen LogP) is 7.01. The number of amides is 1. The Hall–Kier alpha value is -3.07. The lowest BCUT2D eigenvalue weighted by atomic mass is 9.90. The Kier molecular flexibility index (Phi) is 6.71. The number of carbonyl (C=O) groups excluding carboxylic acids is 1. The summed E-state index contributed by atoms with van der Waals surface area (Å²) in [6.07, 6.45) is 5.63. The number of hydrogen-bond acceptors (Lipinski definition) is 2. The van der Waals surface area contributed by atoms with E-state index < -0.39 is 0 Å². The molecule has 3 nitrogen and oxygen atoms in total. The molecule has 0 aliphatic carbocycles. The van der Waals surface area contributed by atoms with Gasteiger partial charge < -0.3 is 10.2 Å². The Balaban J connectivity index is 1.56. The molecule has 0 unspecified atom stereocenters. The zero-order chi connectivity index (χ0) is 21.6. The number of anilines is 2. The van der Waals surface area contributed by atoms with E-state index in [9.17, 15) is 4.79 Å². The number of nitrogens with one attached hydrogen (secondary N) is 1. The molecule has 1 aliphatic rings. The van der Waals surface area contributed by atoms with Crippen LogP contribution in [0.5, 0.6) is 0 Å². The molecule has 2 atom stereocenters. The number of fused-ring (bicyclic) bond motifs is 1. The summed E-state index contributed by atoms with van der Waals surface area (Å²) in [4.78, 5) is 15.5. The van der Waals surface area contributed by atoms with E-state index in [-0.39, 0.29) is 18.0 Å². The van der Waals surface area contributed by atoms with Crippen molar-refractivity contribution < 1.29 is 4.79 Å². The van der Waals surface area contributed by atoms with Crippen molar-refractivity contribution in [2.75, 3.05) is 10.2 Å². The van der Waals surface area contributed by atoms with Crippen LogP contribution in [0.3, 0.4) is 0 Å². The van der Waals surface area contributed by atoms with E-state index in [1.807, 2.05) is 41.3 Å². The van der Waals surface area contributed by atoms with Gasteiger partial charge in [-0.05, 0) is 67.6 Å². The summed E-state index contributed by atoms with van der Waals surface area (Å²) in [7, 11) is 0. The van der Waals surface area contributed by atoms with Crippen LogP contribution >= 0.6 is 0 Å². The summed E-state index contributed by atoms with van der Waals surface area (Å²) in [5.41, 5.74) is 5.35. The van der Waals surface area contributed by atoms with Gasteiger partial charge in [0.25, 0.3) is 5.91 Å². The van der Waals surface area contributed by atoms with Crippen molar-refractivity contribution in [1.82, 2.24) is 0 Å². The molecule has 4 rings (SSSR count). The fourth-order valence-electron chi connectivity index (χ4n) is 4.53. The molecule has 3 aromatic rings. The molecule has 0 spiro atoms. The Morgan fingerprint density at radius 2 is 1.65 bits per heavy atom. The van der Waals surface area contributed by atoms with Gasteiger partial charge in [-0.2, -0.15) is 0 Å². The van der Waals surface area contributed by atoms with Crippen LogP contribution in [0.15, 0.2) is 78.9 Å². The van der Waals surface area contributed by atoms with Crippen molar-refractivity contribution in [3.8, 4) is 0 Å². The molecule has 31 heavy (non-hydrogen) atoms. The van der Waals surface area contributed by atoms with Crippen molar-refractivity contribution >= 4 is 17.3 Å². The summed E-state index contributed by atoms with van der Waals surface area (Å²) in [5.74, 6) is 0.0817. The smallest absolute Gasteiger partial charge is 0.258 e. The van der Waals surface area contributed by atoms with E-state index in [1.54, 1.807) is 0 Å². The molecule has 0 saturated carbocycles. The normalized spacial score (nSPS) is 17.8. The van der Waals surface area contributed by atoms with Crippen molar-refractivity contribution in [3.63, 3.8) is 0 Å². The van der Waals surface area contributed by atoms with Gasteiger partial charge in [0, 0.05) is 23.0 Å². The number of carbonyl (C=O) groups is 1. The van der Waals surface area contributed by atoms with Crippen LogP contribution < -0.4 is 10.2 Å². The first-order chi connectivity index (χ1) is 15.2. The fourth-order valence-corrected chi connectivity index (χ4v) is 4.53. The highest BCUT2D eigenvalue weighted by Gasteiger charge is 2.34. The van der Waals surface area contributed by atoms with E-state index in [0.29, 0.717) is 0 Å². The molecule has 0 radical (unpaired) electrons. The monoisotopic (exact) mass is 412 g/mol. The molecule has 0 saturated heterocycles.